The number of benzene rings is 1. The average molecular weight is 287 g/mol. The van der Waals surface area contributed by atoms with Crippen LogP contribution in [0.1, 0.15) is 54.8 Å². The Morgan fingerprint density at radius 3 is 2.62 bits per heavy atom. The smallest absolute Gasteiger partial charge is 0.124 e. The van der Waals surface area contributed by atoms with Crippen molar-refractivity contribution in [1.29, 1.82) is 0 Å². The van der Waals surface area contributed by atoms with Crippen molar-refractivity contribution in [3.05, 3.63) is 28.8 Å². The highest BCUT2D eigenvalue weighted by molar-refractivity contribution is 5.45. The first-order valence-electron chi connectivity index (χ1n) is 8.44. The Kier molecular flexibility index (Phi) is 4.26. The molecular weight excluding hydrogens is 258 g/mol. The summed E-state index contributed by atoms with van der Waals surface area (Å²) in [6, 6.07) is 4.88. The van der Waals surface area contributed by atoms with Crippen molar-refractivity contribution in [3.63, 3.8) is 0 Å². The highest BCUT2D eigenvalue weighted by Crippen LogP contribution is 2.51. The van der Waals surface area contributed by atoms with E-state index in [1.165, 1.54) is 48.8 Å². The lowest BCUT2D eigenvalue weighted by atomic mass is 9.82. The zero-order valence-corrected chi connectivity index (χ0v) is 13.9. The Balaban J connectivity index is 1.83. The second kappa shape index (κ2) is 6.00. The third-order valence-corrected chi connectivity index (χ3v) is 5.83. The zero-order valence-electron chi connectivity index (χ0n) is 13.9. The Morgan fingerprint density at radius 2 is 2.05 bits per heavy atom. The van der Waals surface area contributed by atoms with Gasteiger partial charge in [-0.25, -0.2) is 0 Å². The first-order chi connectivity index (χ1) is 10.1. The van der Waals surface area contributed by atoms with Gasteiger partial charge in [-0.3, -0.25) is 0 Å². The fourth-order valence-electron chi connectivity index (χ4n) is 4.90. The van der Waals surface area contributed by atoms with E-state index in [0.29, 0.717) is 6.04 Å². The monoisotopic (exact) mass is 287 g/mol. The van der Waals surface area contributed by atoms with Crippen LogP contribution < -0.4 is 10.1 Å². The van der Waals surface area contributed by atoms with Gasteiger partial charge in [-0.05, 0) is 81.5 Å². The highest BCUT2D eigenvalue weighted by Gasteiger charge is 2.40. The van der Waals surface area contributed by atoms with Gasteiger partial charge < -0.3 is 10.1 Å². The van der Waals surface area contributed by atoms with Crippen LogP contribution in [0, 0.1) is 31.6 Å². The van der Waals surface area contributed by atoms with Gasteiger partial charge >= 0.3 is 0 Å². The van der Waals surface area contributed by atoms with E-state index in [-0.39, 0.29) is 0 Å². The third kappa shape index (κ3) is 2.83. The van der Waals surface area contributed by atoms with Gasteiger partial charge in [0, 0.05) is 11.6 Å². The molecule has 3 rings (SSSR count). The van der Waals surface area contributed by atoms with Crippen LogP contribution >= 0.6 is 0 Å². The number of methoxy groups -OCH3 is 1. The minimum atomic E-state index is 0.421. The zero-order chi connectivity index (χ0) is 15.0. The van der Waals surface area contributed by atoms with Crippen LogP contribution in [0.3, 0.4) is 0 Å². The number of fused-ring (bicyclic) bond motifs is 2. The Morgan fingerprint density at radius 1 is 1.24 bits per heavy atom. The van der Waals surface area contributed by atoms with Crippen LogP contribution in [0.15, 0.2) is 12.1 Å². The van der Waals surface area contributed by atoms with Gasteiger partial charge in [-0.1, -0.05) is 12.5 Å². The van der Waals surface area contributed by atoms with Crippen LogP contribution in [0.5, 0.6) is 5.75 Å². The molecule has 1 aromatic rings. The fourth-order valence-corrected chi connectivity index (χ4v) is 4.90. The fraction of sp³-hybridized carbons (Fsp3) is 0.684. The van der Waals surface area contributed by atoms with Gasteiger partial charge in [-0.15, -0.1) is 0 Å². The SMILES string of the molecule is CNC(CC1CC2CCC1C2)c1c(C)cc(C)cc1OC. The van der Waals surface area contributed by atoms with E-state index < -0.39 is 0 Å². The van der Waals surface area contributed by atoms with Crippen LogP contribution in [0.2, 0.25) is 0 Å². The summed E-state index contributed by atoms with van der Waals surface area (Å²) < 4.78 is 5.68. The van der Waals surface area contributed by atoms with Gasteiger partial charge in [0.15, 0.2) is 0 Å². The summed E-state index contributed by atoms with van der Waals surface area (Å²) in [6.45, 7) is 4.36. The van der Waals surface area contributed by atoms with E-state index >= 15 is 0 Å². The van der Waals surface area contributed by atoms with Crippen molar-refractivity contribution in [2.75, 3.05) is 14.2 Å². The Bertz CT molecular complexity index is 511. The van der Waals surface area contributed by atoms with Crippen molar-refractivity contribution < 1.29 is 4.74 Å². The quantitative estimate of drug-likeness (QED) is 0.866. The van der Waals surface area contributed by atoms with Crippen molar-refractivity contribution in [3.8, 4) is 5.75 Å². The lowest BCUT2D eigenvalue weighted by Gasteiger charge is -2.29. The summed E-state index contributed by atoms with van der Waals surface area (Å²) in [4.78, 5) is 0. The number of ether oxygens (including phenoxy) is 1. The molecule has 0 amide bonds. The van der Waals surface area contributed by atoms with Gasteiger partial charge in [0.25, 0.3) is 0 Å². The van der Waals surface area contributed by atoms with Crippen LogP contribution in [0.25, 0.3) is 0 Å². The molecule has 2 heteroatoms. The molecule has 21 heavy (non-hydrogen) atoms. The molecule has 0 heterocycles. The molecule has 2 nitrogen and oxygen atoms in total. The number of rotatable bonds is 5. The molecule has 2 fully saturated rings. The summed E-state index contributed by atoms with van der Waals surface area (Å²) in [5.41, 5.74) is 4.01. The molecule has 0 saturated heterocycles. The molecule has 0 aliphatic heterocycles. The average Bonchev–Trinajstić information content (AvgIpc) is 3.07. The maximum Gasteiger partial charge on any atom is 0.124 e. The Labute approximate surface area is 129 Å². The number of nitrogens with one attached hydrogen (secondary N) is 1. The number of aryl methyl sites for hydroxylation is 2. The molecule has 2 aliphatic carbocycles. The van der Waals surface area contributed by atoms with E-state index in [9.17, 15) is 0 Å². The summed E-state index contributed by atoms with van der Waals surface area (Å²) in [7, 11) is 3.89. The third-order valence-electron chi connectivity index (χ3n) is 5.83. The molecular formula is C19H29NO. The van der Waals surface area contributed by atoms with E-state index in [1.54, 1.807) is 7.11 Å². The number of hydrogen-bond donors (Lipinski definition) is 1. The maximum absolute atomic E-state index is 5.68. The second-order valence-corrected chi connectivity index (χ2v) is 7.21. The van der Waals surface area contributed by atoms with Crippen LogP contribution in [0.4, 0.5) is 0 Å². The lowest BCUT2D eigenvalue weighted by Crippen LogP contribution is -2.24. The van der Waals surface area contributed by atoms with Gasteiger partial charge in [0.2, 0.25) is 0 Å². The molecule has 2 bridgehead atoms. The molecule has 0 aromatic heterocycles. The highest BCUT2D eigenvalue weighted by atomic mass is 16.5. The first-order valence-corrected chi connectivity index (χ1v) is 8.44. The predicted molar refractivity (Wildman–Crippen MR) is 87.8 cm³/mol. The van der Waals surface area contributed by atoms with E-state index in [4.69, 9.17) is 4.74 Å². The molecule has 2 aliphatic rings. The standard InChI is InChI=1S/C19H29NO/c1-12-7-13(2)19(18(8-12)21-4)17(20-3)11-16-10-14-5-6-15(16)9-14/h7-8,14-17,20H,5-6,9-11H2,1-4H3. The summed E-state index contributed by atoms with van der Waals surface area (Å²) in [6.07, 6.45) is 7.16. The minimum Gasteiger partial charge on any atom is -0.496 e. The molecule has 4 atom stereocenters. The molecule has 4 unspecified atom stereocenters. The van der Waals surface area contributed by atoms with Crippen LogP contribution in [-0.4, -0.2) is 14.2 Å². The van der Waals surface area contributed by atoms with Gasteiger partial charge in [0.1, 0.15) is 5.75 Å². The molecule has 116 valence electrons. The van der Waals surface area contributed by atoms with Gasteiger partial charge in [0.05, 0.1) is 7.11 Å². The summed E-state index contributed by atoms with van der Waals surface area (Å²) >= 11 is 0. The van der Waals surface area contributed by atoms with E-state index in [0.717, 1.165) is 23.5 Å². The second-order valence-electron chi connectivity index (χ2n) is 7.21. The van der Waals surface area contributed by atoms with Gasteiger partial charge in [-0.2, -0.15) is 0 Å². The Hall–Kier alpha value is -1.02. The van der Waals surface area contributed by atoms with Crippen LogP contribution in [-0.2, 0) is 0 Å². The predicted octanol–water partition coefficient (Wildman–Crippen LogP) is 4.40. The lowest BCUT2D eigenvalue weighted by molar-refractivity contribution is 0.280. The topological polar surface area (TPSA) is 21.3 Å². The minimum absolute atomic E-state index is 0.421. The summed E-state index contributed by atoms with van der Waals surface area (Å²) in [5.74, 6) is 3.97. The van der Waals surface area contributed by atoms with E-state index in [2.05, 4.69) is 38.3 Å². The maximum atomic E-state index is 5.68. The normalized spacial score (nSPS) is 28.9. The molecule has 0 spiro atoms. The largest absolute Gasteiger partial charge is 0.496 e. The molecule has 1 N–H and O–H groups in total. The summed E-state index contributed by atoms with van der Waals surface area (Å²) in [5, 5.41) is 3.56. The van der Waals surface area contributed by atoms with Crippen molar-refractivity contribution in [1.82, 2.24) is 5.32 Å². The van der Waals surface area contributed by atoms with Crippen molar-refractivity contribution in [2.24, 2.45) is 17.8 Å². The first kappa shape index (κ1) is 14.9. The molecule has 0 radical (unpaired) electrons. The number of hydrogen-bond acceptors (Lipinski definition) is 2. The van der Waals surface area contributed by atoms with E-state index in [1.807, 2.05) is 0 Å². The van der Waals surface area contributed by atoms with Crippen molar-refractivity contribution >= 4 is 0 Å². The molecule has 2 saturated carbocycles. The van der Waals surface area contributed by atoms with Crippen molar-refractivity contribution in [2.45, 2.75) is 52.0 Å². The molecule has 1 aromatic carbocycles.